The molecular formula is C21H35N5O3. The van der Waals surface area contributed by atoms with Crippen LogP contribution in [0.1, 0.15) is 31.4 Å². The van der Waals surface area contributed by atoms with Crippen molar-refractivity contribution in [3.8, 4) is 5.75 Å². The van der Waals surface area contributed by atoms with Crippen molar-refractivity contribution in [2.24, 2.45) is 4.99 Å². The molecule has 0 aromatic heterocycles. The van der Waals surface area contributed by atoms with Gasteiger partial charge in [0.2, 0.25) is 0 Å². The Kier molecular flexibility index (Phi) is 9.05. The van der Waals surface area contributed by atoms with Crippen LogP contribution in [0.15, 0.2) is 29.3 Å². The number of likely N-dealkylation sites (tertiary alicyclic amines) is 1. The molecule has 1 heterocycles. The van der Waals surface area contributed by atoms with Gasteiger partial charge in [-0.25, -0.2) is 4.79 Å². The normalized spacial score (nSPS) is 16.5. The SMILES string of the molecule is CCOC(=O)N1CCC(NC(=NC)NCC(c2cccc(OC)c2)N(C)C)CC1. The van der Waals surface area contributed by atoms with Gasteiger partial charge < -0.3 is 29.9 Å². The second kappa shape index (κ2) is 11.5. The van der Waals surface area contributed by atoms with Crippen molar-refractivity contribution in [3.05, 3.63) is 29.8 Å². The lowest BCUT2D eigenvalue weighted by Crippen LogP contribution is -2.50. The molecule has 1 atom stereocenters. The highest BCUT2D eigenvalue weighted by molar-refractivity contribution is 5.80. The van der Waals surface area contributed by atoms with Gasteiger partial charge in [0.1, 0.15) is 5.75 Å². The van der Waals surface area contributed by atoms with Crippen molar-refractivity contribution in [1.29, 1.82) is 0 Å². The molecule has 0 spiro atoms. The molecule has 0 radical (unpaired) electrons. The van der Waals surface area contributed by atoms with Gasteiger partial charge in [0.15, 0.2) is 5.96 Å². The van der Waals surface area contributed by atoms with E-state index in [4.69, 9.17) is 9.47 Å². The minimum Gasteiger partial charge on any atom is -0.497 e. The summed E-state index contributed by atoms with van der Waals surface area (Å²) in [6.45, 7) is 4.33. The molecule has 1 saturated heterocycles. The number of carbonyl (C=O) groups excluding carboxylic acids is 1. The highest BCUT2D eigenvalue weighted by Crippen LogP contribution is 2.22. The van der Waals surface area contributed by atoms with Crippen LogP contribution >= 0.6 is 0 Å². The maximum Gasteiger partial charge on any atom is 0.409 e. The van der Waals surface area contributed by atoms with Gasteiger partial charge in [-0.2, -0.15) is 0 Å². The number of methoxy groups -OCH3 is 1. The number of nitrogens with one attached hydrogen (secondary N) is 2. The van der Waals surface area contributed by atoms with Crippen molar-refractivity contribution >= 4 is 12.1 Å². The van der Waals surface area contributed by atoms with Crippen LogP contribution in [0.5, 0.6) is 5.75 Å². The molecule has 1 aliphatic rings. The number of benzene rings is 1. The fraction of sp³-hybridized carbons (Fsp3) is 0.619. The highest BCUT2D eigenvalue weighted by atomic mass is 16.6. The van der Waals surface area contributed by atoms with E-state index in [1.807, 2.05) is 19.1 Å². The zero-order valence-corrected chi connectivity index (χ0v) is 18.3. The number of hydrogen-bond donors (Lipinski definition) is 2. The Labute approximate surface area is 174 Å². The number of hydrogen-bond acceptors (Lipinski definition) is 5. The minimum atomic E-state index is -0.222. The Morgan fingerprint density at radius 1 is 1.34 bits per heavy atom. The molecule has 8 nitrogen and oxygen atoms in total. The molecule has 2 rings (SSSR count). The van der Waals surface area contributed by atoms with Crippen LogP contribution in [-0.2, 0) is 4.74 Å². The van der Waals surface area contributed by atoms with Crippen molar-refractivity contribution in [3.63, 3.8) is 0 Å². The largest absolute Gasteiger partial charge is 0.497 e. The van der Waals surface area contributed by atoms with Crippen LogP contribution in [0.3, 0.4) is 0 Å². The number of amides is 1. The van der Waals surface area contributed by atoms with E-state index in [1.165, 1.54) is 5.56 Å². The number of carbonyl (C=O) groups is 1. The first-order valence-corrected chi connectivity index (χ1v) is 10.2. The molecule has 8 heteroatoms. The highest BCUT2D eigenvalue weighted by Gasteiger charge is 2.24. The molecule has 0 saturated carbocycles. The summed E-state index contributed by atoms with van der Waals surface area (Å²) >= 11 is 0. The molecular weight excluding hydrogens is 370 g/mol. The summed E-state index contributed by atoms with van der Waals surface area (Å²) < 4.78 is 10.4. The van der Waals surface area contributed by atoms with E-state index < -0.39 is 0 Å². The van der Waals surface area contributed by atoms with Crippen LogP contribution in [0, 0.1) is 0 Å². The lowest BCUT2D eigenvalue weighted by atomic mass is 10.1. The van der Waals surface area contributed by atoms with Gasteiger partial charge in [0.25, 0.3) is 0 Å². The molecule has 1 amide bonds. The minimum absolute atomic E-state index is 0.175. The molecule has 162 valence electrons. The third kappa shape index (κ3) is 6.81. The maximum atomic E-state index is 11.8. The van der Waals surface area contributed by atoms with Crippen molar-refractivity contribution in [2.75, 3.05) is 54.5 Å². The molecule has 1 aromatic rings. The number of likely N-dealkylation sites (N-methyl/N-ethyl adjacent to an activating group) is 1. The van der Waals surface area contributed by atoms with Crippen molar-refractivity contribution < 1.29 is 14.3 Å². The molecule has 1 unspecified atom stereocenters. The average Bonchev–Trinajstić information content (AvgIpc) is 2.73. The van der Waals surface area contributed by atoms with Crippen LogP contribution in [0.2, 0.25) is 0 Å². The van der Waals surface area contributed by atoms with E-state index in [2.05, 4.69) is 46.8 Å². The number of guanidine groups is 1. The van der Waals surface area contributed by atoms with Gasteiger partial charge in [-0.1, -0.05) is 12.1 Å². The number of aliphatic imine (C=N–C) groups is 1. The Morgan fingerprint density at radius 2 is 2.07 bits per heavy atom. The first kappa shape index (κ1) is 22.8. The predicted molar refractivity (Wildman–Crippen MR) is 116 cm³/mol. The van der Waals surface area contributed by atoms with Gasteiger partial charge in [-0.15, -0.1) is 0 Å². The lowest BCUT2D eigenvalue weighted by Gasteiger charge is -2.33. The van der Waals surface area contributed by atoms with Gasteiger partial charge in [0, 0.05) is 32.7 Å². The zero-order valence-electron chi connectivity index (χ0n) is 18.3. The van der Waals surface area contributed by atoms with Gasteiger partial charge in [-0.3, -0.25) is 4.99 Å². The predicted octanol–water partition coefficient (Wildman–Crippen LogP) is 2.08. The van der Waals surface area contributed by atoms with Crippen LogP contribution in [0.25, 0.3) is 0 Å². The monoisotopic (exact) mass is 405 g/mol. The van der Waals surface area contributed by atoms with E-state index in [9.17, 15) is 4.79 Å². The standard InChI is InChI=1S/C21H35N5O3/c1-6-29-21(27)26-12-10-17(11-13-26)24-20(22-2)23-15-19(25(3)4)16-8-7-9-18(14-16)28-5/h7-9,14,17,19H,6,10-13,15H2,1-5H3,(H2,22,23,24). The van der Waals surface area contributed by atoms with Crippen molar-refractivity contribution in [1.82, 2.24) is 20.4 Å². The summed E-state index contributed by atoms with van der Waals surface area (Å²) in [7, 11) is 7.58. The van der Waals surface area contributed by atoms with Gasteiger partial charge >= 0.3 is 6.09 Å². The van der Waals surface area contributed by atoms with E-state index in [-0.39, 0.29) is 18.2 Å². The smallest absolute Gasteiger partial charge is 0.409 e. The van der Waals surface area contributed by atoms with Crippen molar-refractivity contribution in [2.45, 2.75) is 31.8 Å². The third-order valence-electron chi connectivity index (χ3n) is 5.15. The quantitative estimate of drug-likeness (QED) is 0.534. The van der Waals surface area contributed by atoms with Crippen LogP contribution in [0.4, 0.5) is 4.79 Å². The number of ether oxygens (including phenoxy) is 2. The Hall–Kier alpha value is -2.48. The molecule has 1 aromatic carbocycles. The van der Waals surface area contributed by atoms with E-state index in [0.29, 0.717) is 26.2 Å². The topological polar surface area (TPSA) is 78.4 Å². The Bertz CT molecular complexity index is 672. The first-order chi connectivity index (χ1) is 14.0. The fourth-order valence-electron chi connectivity index (χ4n) is 3.45. The fourth-order valence-corrected chi connectivity index (χ4v) is 3.45. The van der Waals surface area contributed by atoms with Crippen LogP contribution in [-0.4, -0.2) is 82.4 Å². The number of piperidine rings is 1. The van der Waals surface area contributed by atoms with Gasteiger partial charge in [0.05, 0.1) is 19.8 Å². The van der Waals surface area contributed by atoms with Crippen LogP contribution < -0.4 is 15.4 Å². The molecule has 2 N–H and O–H groups in total. The summed E-state index contributed by atoms with van der Waals surface area (Å²) in [6.07, 6.45) is 1.51. The van der Waals surface area contributed by atoms with Gasteiger partial charge in [-0.05, 0) is 51.6 Å². The number of rotatable bonds is 7. The first-order valence-electron chi connectivity index (χ1n) is 10.2. The Balaban J connectivity index is 1.88. The maximum absolute atomic E-state index is 11.8. The summed E-state index contributed by atoms with van der Waals surface area (Å²) in [5.41, 5.74) is 1.18. The lowest BCUT2D eigenvalue weighted by molar-refractivity contribution is 0.0963. The summed E-state index contributed by atoms with van der Waals surface area (Å²) in [5.74, 6) is 1.62. The molecule has 0 aliphatic carbocycles. The summed E-state index contributed by atoms with van der Waals surface area (Å²) in [5, 5.41) is 6.92. The second-order valence-corrected chi connectivity index (χ2v) is 7.31. The molecule has 29 heavy (non-hydrogen) atoms. The summed E-state index contributed by atoms with van der Waals surface area (Å²) in [4.78, 5) is 20.1. The average molecular weight is 406 g/mol. The third-order valence-corrected chi connectivity index (χ3v) is 5.15. The Morgan fingerprint density at radius 3 is 2.66 bits per heavy atom. The molecule has 1 fully saturated rings. The summed E-state index contributed by atoms with van der Waals surface area (Å²) in [6, 6.07) is 8.59. The van der Waals surface area contributed by atoms with E-state index in [1.54, 1.807) is 19.1 Å². The van der Waals surface area contributed by atoms with E-state index >= 15 is 0 Å². The van der Waals surface area contributed by atoms with E-state index in [0.717, 1.165) is 24.6 Å². The second-order valence-electron chi connectivity index (χ2n) is 7.31. The molecule has 1 aliphatic heterocycles. The number of nitrogens with zero attached hydrogens (tertiary/aromatic N) is 3. The molecule has 0 bridgehead atoms. The zero-order chi connectivity index (χ0) is 21.2.